The number of rotatable bonds is 9. The normalized spacial score (nSPS) is 11.7. The van der Waals surface area contributed by atoms with Crippen LogP contribution < -0.4 is 16.1 Å². The van der Waals surface area contributed by atoms with Gasteiger partial charge in [0.05, 0.1) is 50.4 Å². The lowest BCUT2D eigenvalue weighted by molar-refractivity contribution is -0.121. The number of aromatic carboxylic acids is 1. The van der Waals surface area contributed by atoms with Crippen molar-refractivity contribution in [1.82, 2.24) is 9.88 Å². The lowest BCUT2D eigenvalue weighted by atomic mass is 10.1. The van der Waals surface area contributed by atoms with Crippen LogP contribution in [0.1, 0.15) is 20.7 Å². The number of hydrogen-bond donors (Lipinski definition) is 4. The van der Waals surface area contributed by atoms with Crippen molar-refractivity contribution in [2.45, 2.75) is 12.6 Å². The summed E-state index contributed by atoms with van der Waals surface area (Å²) in [6.45, 7) is -0.373. The molecule has 0 fully saturated rings. The standard InChI is InChI=1S/C19H16I5N3O7/c1-25-18(31)11-13(22)12(19(32)33)15(24)16(14(11)23)26-10(29)6-34-5-7(28)2-27-3-8(20)17(30)9(21)4-27/h3-4,7,28H,2,5-6H2,1H3,(H,25,31)(H,26,29)(H,32,33). The van der Waals surface area contributed by atoms with Gasteiger partial charge in [0.15, 0.2) is 0 Å². The van der Waals surface area contributed by atoms with Crippen molar-refractivity contribution < 1.29 is 29.3 Å². The fraction of sp³-hybridized carbons (Fsp3) is 0.263. The number of carboxylic acid groups (broad SMARTS) is 1. The summed E-state index contributed by atoms with van der Waals surface area (Å²) in [6.07, 6.45) is 2.30. The highest BCUT2D eigenvalue weighted by Gasteiger charge is 2.28. The van der Waals surface area contributed by atoms with Crippen LogP contribution >= 0.6 is 113 Å². The first-order valence-electron chi connectivity index (χ1n) is 9.15. The molecule has 0 saturated carbocycles. The van der Waals surface area contributed by atoms with Gasteiger partial charge in [-0.3, -0.25) is 14.4 Å². The minimum atomic E-state index is -1.22. The van der Waals surface area contributed by atoms with Crippen LogP contribution in [0.5, 0.6) is 0 Å². The average molecular weight is 1030 g/mol. The minimum absolute atomic E-state index is 0.0784. The molecule has 4 N–H and O–H groups in total. The predicted octanol–water partition coefficient (Wildman–Crippen LogP) is 2.95. The molecular weight excluding hydrogens is 1020 g/mol. The van der Waals surface area contributed by atoms with E-state index in [1.54, 1.807) is 39.6 Å². The Balaban J connectivity index is 2.10. The van der Waals surface area contributed by atoms with Crippen molar-refractivity contribution >= 4 is 136 Å². The molecule has 10 nitrogen and oxygen atoms in total. The Morgan fingerprint density at radius 1 is 1.03 bits per heavy atom. The number of carbonyl (C=O) groups is 3. The highest BCUT2D eigenvalue weighted by Crippen LogP contribution is 2.35. The van der Waals surface area contributed by atoms with E-state index in [9.17, 15) is 29.4 Å². The summed E-state index contributed by atoms with van der Waals surface area (Å²) < 4.78 is 8.98. The number of aliphatic hydroxyl groups is 1. The molecule has 2 amide bonds. The van der Waals surface area contributed by atoms with E-state index in [4.69, 9.17) is 4.74 Å². The predicted molar refractivity (Wildman–Crippen MR) is 167 cm³/mol. The van der Waals surface area contributed by atoms with Crippen LogP contribution in [0.3, 0.4) is 0 Å². The van der Waals surface area contributed by atoms with Gasteiger partial charge in [-0.15, -0.1) is 0 Å². The zero-order valence-corrected chi connectivity index (χ0v) is 27.9. The van der Waals surface area contributed by atoms with Crippen molar-refractivity contribution in [3.8, 4) is 0 Å². The number of pyridine rings is 1. The maximum atomic E-state index is 12.5. The van der Waals surface area contributed by atoms with Gasteiger partial charge < -0.3 is 30.2 Å². The van der Waals surface area contributed by atoms with E-state index >= 15 is 0 Å². The molecule has 0 aliphatic heterocycles. The van der Waals surface area contributed by atoms with Crippen molar-refractivity contribution in [2.75, 3.05) is 25.6 Å². The number of carboxylic acids is 1. The lowest BCUT2D eigenvalue weighted by Crippen LogP contribution is -2.28. The van der Waals surface area contributed by atoms with Crippen LogP contribution in [0.4, 0.5) is 5.69 Å². The number of aliphatic hydroxyl groups excluding tert-OH is 1. The first kappa shape index (κ1) is 30.4. The van der Waals surface area contributed by atoms with E-state index in [2.05, 4.69) is 10.6 Å². The monoisotopic (exact) mass is 1030 g/mol. The Morgan fingerprint density at radius 3 is 2.12 bits per heavy atom. The van der Waals surface area contributed by atoms with E-state index in [1.165, 1.54) is 7.05 Å². The molecule has 0 radical (unpaired) electrons. The Labute approximate surface area is 262 Å². The van der Waals surface area contributed by atoms with Gasteiger partial charge in [0.2, 0.25) is 11.3 Å². The number of nitrogens with one attached hydrogen (secondary N) is 2. The maximum absolute atomic E-state index is 12.5. The maximum Gasteiger partial charge on any atom is 0.337 e. The van der Waals surface area contributed by atoms with Crippen molar-refractivity contribution in [2.24, 2.45) is 0 Å². The van der Waals surface area contributed by atoms with Crippen LogP contribution in [-0.2, 0) is 16.1 Å². The number of benzene rings is 1. The third kappa shape index (κ3) is 7.58. The highest BCUT2D eigenvalue weighted by molar-refractivity contribution is 14.1. The van der Waals surface area contributed by atoms with Crippen LogP contribution in [-0.4, -0.2) is 58.9 Å². The third-order valence-electron chi connectivity index (χ3n) is 4.21. The van der Waals surface area contributed by atoms with Crippen LogP contribution in [0.15, 0.2) is 17.2 Å². The van der Waals surface area contributed by atoms with Gasteiger partial charge in [-0.25, -0.2) is 4.79 Å². The molecular formula is C19H16I5N3O7. The molecule has 0 spiro atoms. The molecule has 2 aromatic rings. The molecule has 0 bridgehead atoms. The quantitative estimate of drug-likeness (QED) is 0.283. The van der Waals surface area contributed by atoms with E-state index in [0.29, 0.717) is 10.7 Å². The molecule has 0 aliphatic rings. The Bertz CT molecular complexity index is 1180. The summed E-state index contributed by atoms with van der Waals surface area (Å²) >= 11 is 9.36. The van der Waals surface area contributed by atoms with E-state index < -0.39 is 30.5 Å². The summed E-state index contributed by atoms with van der Waals surface area (Å²) in [5.74, 6) is -2.28. The van der Waals surface area contributed by atoms with Crippen molar-refractivity contribution in [3.63, 3.8) is 0 Å². The smallest absolute Gasteiger partial charge is 0.337 e. The van der Waals surface area contributed by atoms with Crippen LogP contribution in [0.2, 0.25) is 0 Å². The van der Waals surface area contributed by atoms with Crippen LogP contribution in [0.25, 0.3) is 0 Å². The number of ether oxygens (including phenoxy) is 1. The Hall–Kier alpha value is 0.150. The van der Waals surface area contributed by atoms with E-state index in [-0.39, 0.29) is 42.5 Å². The minimum Gasteiger partial charge on any atom is -0.478 e. The molecule has 0 saturated heterocycles. The molecule has 15 heteroatoms. The lowest BCUT2D eigenvalue weighted by Gasteiger charge is -2.18. The number of hydrogen-bond acceptors (Lipinski definition) is 6. The first-order chi connectivity index (χ1) is 15.9. The molecule has 2 rings (SSSR count). The summed E-state index contributed by atoms with van der Waals surface area (Å²) in [7, 11) is 1.43. The van der Waals surface area contributed by atoms with Gasteiger partial charge in [-0.05, 0) is 113 Å². The second kappa shape index (κ2) is 13.6. The zero-order valence-electron chi connectivity index (χ0n) is 17.1. The first-order valence-corrected chi connectivity index (χ1v) is 14.5. The average Bonchev–Trinajstić information content (AvgIpc) is 2.74. The molecule has 184 valence electrons. The van der Waals surface area contributed by atoms with Gasteiger partial charge in [0, 0.05) is 23.0 Å². The third-order valence-corrected chi connectivity index (χ3v) is 8.98. The number of halogens is 5. The van der Waals surface area contributed by atoms with Crippen LogP contribution in [0, 0.1) is 17.9 Å². The molecule has 1 aromatic heterocycles. The molecule has 1 atom stereocenters. The largest absolute Gasteiger partial charge is 0.478 e. The summed E-state index contributed by atoms with van der Waals surface area (Å²) in [5, 5.41) is 24.9. The second-order valence-corrected chi connectivity index (χ2v) is 12.2. The van der Waals surface area contributed by atoms with Gasteiger partial charge in [0.1, 0.15) is 6.61 Å². The van der Waals surface area contributed by atoms with Gasteiger partial charge >= 0.3 is 5.97 Å². The summed E-state index contributed by atoms with van der Waals surface area (Å²) in [6, 6.07) is 0. The fourth-order valence-electron chi connectivity index (χ4n) is 2.71. The number of carbonyl (C=O) groups excluding carboxylic acids is 2. The van der Waals surface area contributed by atoms with Gasteiger partial charge in [-0.1, -0.05) is 0 Å². The van der Waals surface area contributed by atoms with Crippen molar-refractivity contribution in [1.29, 1.82) is 0 Å². The number of aromatic nitrogens is 1. The van der Waals surface area contributed by atoms with Gasteiger partial charge in [-0.2, -0.15) is 0 Å². The molecule has 34 heavy (non-hydrogen) atoms. The fourth-order valence-corrected chi connectivity index (χ4v) is 8.91. The Morgan fingerprint density at radius 2 is 1.59 bits per heavy atom. The van der Waals surface area contributed by atoms with E-state index in [1.807, 2.05) is 90.4 Å². The zero-order chi connectivity index (χ0) is 25.7. The second-order valence-electron chi connectivity index (χ2n) is 6.65. The number of anilines is 1. The highest BCUT2D eigenvalue weighted by atomic mass is 127. The molecule has 1 unspecified atom stereocenters. The number of amides is 2. The van der Waals surface area contributed by atoms with Crippen molar-refractivity contribution in [3.05, 3.63) is 51.6 Å². The number of nitrogens with zero attached hydrogens (tertiary/aromatic N) is 1. The molecule has 1 heterocycles. The SMILES string of the molecule is CNC(=O)c1c(I)c(NC(=O)COCC(O)Cn2cc(I)c(=O)c(I)c2)c(I)c(C(=O)O)c1I. The summed E-state index contributed by atoms with van der Waals surface area (Å²) in [5.41, 5.74) is 0.185. The van der Waals surface area contributed by atoms with Gasteiger partial charge in [0.25, 0.3) is 5.91 Å². The summed E-state index contributed by atoms with van der Waals surface area (Å²) in [4.78, 5) is 48.4. The topological polar surface area (TPSA) is 147 Å². The molecule has 0 aliphatic carbocycles. The van der Waals surface area contributed by atoms with E-state index in [0.717, 1.165) is 0 Å². The Kier molecular flexibility index (Phi) is 12.2. The molecule has 1 aromatic carbocycles.